The van der Waals surface area contributed by atoms with Gasteiger partial charge in [-0.2, -0.15) is 0 Å². The number of hydrogen-bond acceptors (Lipinski definition) is 2. The monoisotopic (exact) mass is 239 g/mol. The highest BCUT2D eigenvalue weighted by Gasteiger charge is 2.21. The van der Waals surface area contributed by atoms with E-state index in [4.69, 9.17) is 4.74 Å². The van der Waals surface area contributed by atoms with Gasteiger partial charge >= 0.3 is 6.09 Å². The van der Waals surface area contributed by atoms with Gasteiger partial charge in [0.1, 0.15) is 6.10 Å². The van der Waals surface area contributed by atoms with Crippen LogP contribution in [0.5, 0.6) is 0 Å². The highest BCUT2D eigenvalue weighted by atomic mass is 16.6. The predicted molar refractivity (Wildman–Crippen MR) is 67.9 cm³/mol. The molecule has 3 nitrogen and oxygen atoms in total. The van der Waals surface area contributed by atoms with E-state index in [0.717, 1.165) is 25.3 Å². The first-order chi connectivity index (χ1) is 8.24. The molecule has 1 amide bonds. The first kappa shape index (κ1) is 12.7. The summed E-state index contributed by atoms with van der Waals surface area (Å²) in [6.45, 7) is 3.11. The fourth-order valence-electron chi connectivity index (χ4n) is 3.17. The molecule has 0 spiro atoms. The molecule has 0 radical (unpaired) electrons. The van der Waals surface area contributed by atoms with Gasteiger partial charge in [-0.25, -0.2) is 4.79 Å². The van der Waals surface area contributed by atoms with Crippen LogP contribution in [0.1, 0.15) is 58.3 Å². The molecule has 2 fully saturated rings. The van der Waals surface area contributed by atoms with Crippen molar-refractivity contribution in [3.05, 3.63) is 0 Å². The highest BCUT2D eigenvalue weighted by Crippen LogP contribution is 2.28. The predicted octanol–water partition coefficient (Wildman–Crippen LogP) is 3.48. The SMILES string of the molecule is CC1CCCC(CNC(=O)OC2CCCC2)C1. The Labute approximate surface area is 104 Å². The lowest BCUT2D eigenvalue weighted by Gasteiger charge is -2.26. The standard InChI is InChI=1S/C14H25NO2/c1-11-5-4-6-12(9-11)10-15-14(16)17-13-7-2-3-8-13/h11-13H,2-10H2,1H3,(H,15,16). The van der Waals surface area contributed by atoms with Gasteiger partial charge < -0.3 is 10.1 Å². The Morgan fingerprint density at radius 1 is 1.18 bits per heavy atom. The molecule has 2 rings (SSSR count). The minimum atomic E-state index is -0.199. The molecular weight excluding hydrogens is 214 g/mol. The number of carbonyl (C=O) groups excluding carboxylic acids is 1. The van der Waals surface area contributed by atoms with Crippen molar-refractivity contribution in [2.24, 2.45) is 11.8 Å². The van der Waals surface area contributed by atoms with Crippen LogP contribution in [-0.2, 0) is 4.74 Å². The van der Waals surface area contributed by atoms with Crippen molar-refractivity contribution < 1.29 is 9.53 Å². The van der Waals surface area contributed by atoms with Crippen LogP contribution in [0.2, 0.25) is 0 Å². The van der Waals surface area contributed by atoms with Crippen LogP contribution in [0.15, 0.2) is 0 Å². The maximum Gasteiger partial charge on any atom is 0.407 e. The Morgan fingerprint density at radius 2 is 1.94 bits per heavy atom. The molecule has 2 aliphatic carbocycles. The molecule has 2 atom stereocenters. The second-order valence-electron chi connectivity index (χ2n) is 5.83. The fourth-order valence-corrected chi connectivity index (χ4v) is 3.17. The van der Waals surface area contributed by atoms with Crippen LogP contribution >= 0.6 is 0 Å². The molecular formula is C14H25NO2. The van der Waals surface area contributed by atoms with E-state index in [2.05, 4.69) is 12.2 Å². The fraction of sp³-hybridized carbons (Fsp3) is 0.929. The molecule has 98 valence electrons. The maximum atomic E-state index is 11.6. The zero-order valence-electron chi connectivity index (χ0n) is 10.9. The average molecular weight is 239 g/mol. The summed E-state index contributed by atoms with van der Waals surface area (Å²) in [5.41, 5.74) is 0. The van der Waals surface area contributed by atoms with E-state index in [-0.39, 0.29) is 12.2 Å². The summed E-state index contributed by atoms with van der Waals surface area (Å²) < 4.78 is 5.38. The van der Waals surface area contributed by atoms with Gasteiger partial charge in [-0.1, -0.05) is 19.8 Å². The second-order valence-corrected chi connectivity index (χ2v) is 5.83. The summed E-state index contributed by atoms with van der Waals surface area (Å²) >= 11 is 0. The van der Waals surface area contributed by atoms with E-state index in [0.29, 0.717) is 5.92 Å². The van der Waals surface area contributed by atoms with Crippen molar-refractivity contribution in [2.75, 3.05) is 6.54 Å². The van der Waals surface area contributed by atoms with Gasteiger partial charge in [-0.15, -0.1) is 0 Å². The van der Waals surface area contributed by atoms with Crippen LogP contribution in [0.3, 0.4) is 0 Å². The van der Waals surface area contributed by atoms with Crippen LogP contribution in [-0.4, -0.2) is 18.7 Å². The molecule has 17 heavy (non-hydrogen) atoms. The molecule has 0 aromatic rings. The number of carbonyl (C=O) groups is 1. The van der Waals surface area contributed by atoms with Gasteiger partial charge in [0.05, 0.1) is 0 Å². The third kappa shape index (κ3) is 4.21. The lowest BCUT2D eigenvalue weighted by Crippen LogP contribution is -2.33. The van der Waals surface area contributed by atoms with E-state index >= 15 is 0 Å². The number of hydrogen-bond donors (Lipinski definition) is 1. The van der Waals surface area contributed by atoms with Gasteiger partial charge in [0.15, 0.2) is 0 Å². The topological polar surface area (TPSA) is 38.3 Å². The molecule has 0 aromatic heterocycles. The number of ether oxygens (including phenoxy) is 1. The molecule has 2 aliphatic rings. The summed E-state index contributed by atoms with van der Waals surface area (Å²) in [6, 6.07) is 0. The molecule has 0 aromatic carbocycles. The molecule has 0 saturated heterocycles. The average Bonchev–Trinajstić information content (AvgIpc) is 2.79. The third-order valence-corrected chi connectivity index (χ3v) is 4.16. The lowest BCUT2D eigenvalue weighted by atomic mass is 9.82. The number of nitrogens with one attached hydrogen (secondary N) is 1. The minimum Gasteiger partial charge on any atom is -0.446 e. The number of amides is 1. The molecule has 0 aliphatic heterocycles. The Kier molecular flexibility index (Phi) is 4.69. The maximum absolute atomic E-state index is 11.6. The Bertz CT molecular complexity index is 249. The van der Waals surface area contributed by atoms with Gasteiger partial charge in [-0.05, 0) is 50.4 Å². The highest BCUT2D eigenvalue weighted by molar-refractivity contribution is 5.67. The number of rotatable bonds is 3. The van der Waals surface area contributed by atoms with E-state index in [1.54, 1.807) is 0 Å². The van der Waals surface area contributed by atoms with Gasteiger partial charge in [0.25, 0.3) is 0 Å². The van der Waals surface area contributed by atoms with Crippen LogP contribution in [0.4, 0.5) is 4.79 Å². The molecule has 1 N–H and O–H groups in total. The molecule has 2 saturated carbocycles. The first-order valence-corrected chi connectivity index (χ1v) is 7.18. The zero-order valence-corrected chi connectivity index (χ0v) is 10.9. The van der Waals surface area contributed by atoms with Crippen molar-refractivity contribution >= 4 is 6.09 Å². The quantitative estimate of drug-likeness (QED) is 0.818. The normalized spacial score (nSPS) is 30.2. The molecule has 0 bridgehead atoms. The summed E-state index contributed by atoms with van der Waals surface area (Å²) in [5, 5.41) is 2.94. The smallest absolute Gasteiger partial charge is 0.407 e. The van der Waals surface area contributed by atoms with E-state index < -0.39 is 0 Å². The van der Waals surface area contributed by atoms with Crippen LogP contribution in [0.25, 0.3) is 0 Å². The van der Waals surface area contributed by atoms with Crippen molar-refractivity contribution in [3.8, 4) is 0 Å². The Balaban J connectivity index is 1.61. The summed E-state index contributed by atoms with van der Waals surface area (Å²) in [6.07, 6.45) is 9.67. The summed E-state index contributed by atoms with van der Waals surface area (Å²) in [4.78, 5) is 11.6. The van der Waals surface area contributed by atoms with Gasteiger partial charge in [-0.3, -0.25) is 0 Å². The molecule has 0 heterocycles. The largest absolute Gasteiger partial charge is 0.446 e. The Morgan fingerprint density at radius 3 is 2.65 bits per heavy atom. The zero-order chi connectivity index (χ0) is 12.1. The summed E-state index contributed by atoms with van der Waals surface area (Å²) in [5.74, 6) is 1.48. The third-order valence-electron chi connectivity index (χ3n) is 4.16. The minimum absolute atomic E-state index is 0.181. The van der Waals surface area contributed by atoms with E-state index in [1.807, 2.05) is 0 Å². The van der Waals surface area contributed by atoms with Gasteiger partial charge in [0, 0.05) is 6.54 Å². The lowest BCUT2D eigenvalue weighted by molar-refractivity contribution is 0.0985. The van der Waals surface area contributed by atoms with E-state index in [1.165, 1.54) is 38.5 Å². The van der Waals surface area contributed by atoms with Crippen molar-refractivity contribution in [2.45, 2.75) is 64.4 Å². The van der Waals surface area contributed by atoms with Crippen molar-refractivity contribution in [3.63, 3.8) is 0 Å². The van der Waals surface area contributed by atoms with Gasteiger partial charge in [0.2, 0.25) is 0 Å². The first-order valence-electron chi connectivity index (χ1n) is 7.18. The van der Waals surface area contributed by atoms with Crippen LogP contribution in [0, 0.1) is 11.8 Å². The van der Waals surface area contributed by atoms with E-state index in [9.17, 15) is 4.79 Å². The molecule has 2 unspecified atom stereocenters. The summed E-state index contributed by atoms with van der Waals surface area (Å²) in [7, 11) is 0. The molecule has 3 heteroatoms. The van der Waals surface area contributed by atoms with Crippen molar-refractivity contribution in [1.82, 2.24) is 5.32 Å². The Hall–Kier alpha value is -0.730. The second kappa shape index (κ2) is 6.27. The van der Waals surface area contributed by atoms with Crippen LogP contribution < -0.4 is 5.32 Å². The van der Waals surface area contributed by atoms with Crippen molar-refractivity contribution in [1.29, 1.82) is 0 Å². The number of alkyl carbamates (subject to hydrolysis) is 1.